The lowest BCUT2D eigenvalue weighted by molar-refractivity contribution is 0.380. The van der Waals surface area contributed by atoms with Gasteiger partial charge in [-0.15, -0.1) is 0 Å². The highest BCUT2D eigenvalue weighted by Crippen LogP contribution is 2.17. The summed E-state index contributed by atoms with van der Waals surface area (Å²) in [6.45, 7) is 4.97. The van der Waals surface area contributed by atoms with Crippen LogP contribution in [0.1, 0.15) is 30.5 Å². The molecule has 0 aliphatic carbocycles. The van der Waals surface area contributed by atoms with E-state index in [4.69, 9.17) is 4.52 Å². The van der Waals surface area contributed by atoms with Gasteiger partial charge in [0, 0.05) is 12.6 Å². The third-order valence-electron chi connectivity index (χ3n) is 2.88. The second-order valence-corrected chi connectivity index (χ2v) is 6.31. The zero-order valence-electron chi connectivity index (χ0n) is 12.0. The number of hydrogen-bond acceptors (Lipinski definition) is 6. The summed E-state index contributed by atoms with van der Waals surface area (Å²) in [6.07, 6.45) is 2.43. The minimum Gasteiger partial charge on any atom is -0.360 e. The van der Waals surface area contributed by atoms with E-state index in [9.17, 15) is 8.42 Å². The fourth-order valence-electron chi connectivity index (χ4n) is 1.90. The Bertz CT molecular complexity index is 663. The molecule has 21 heavy (non-hydrogen) atoms. The van der Waals surface area contributed by atoms with Crippen LogP contribution < -0.4 is 10.0 Å². The summed E-state index contributed by atoms with van der Waals surface area (Å²) < 4.78 is 32.2. The van der Waals surface area contributed by atoms with Gasteiger partial charge in [-0.25, -0.2) is 13.1 Å². The van der Waals surface area contributed by atoms with Crippen molar-refractivity contribution in [1.29, 1.82) is 0 Å². The van der Waals surface area contributed by atoms with Gasteiger partial charge in [-0.2, -0.15) is 5.10 Å². The average molecular weight is 313 g/mol. The molecule has 0 spiro atoms. The van der Waals surface area contributed by atoms with Crippen LogP contribution >= 0.6 is 0 Å². The molecule has 0 radical (unpaired) electrons. The molecule has 2 heterocycles. The van der Waals surface area contributed by atoms with E-state index < -0.39 is 10.0 Å². The van der Waals surface area contributed by atoms with Gasteiger partial charge in [0.05, 0.1) is 24.1 Å². The number of H-pyrrole nitrogens is 1. The first-order chi connectivity index (χ1) is 10.0. The van der Waals surface area contributed by atoms with Crippen LogP contribution in [0.4, 0.5) is 0 Å². The Hall–Kier alpha value is -1.71. The van der Waals surface area contributed by atoms with Gasteiger partial charge in [-0.1, -0.05) is 12.1 Å². The monoisotopic (exact) mass is 313 g/mol. The summed E-state index contributed by atoms with van der Waals surface area (Å²) in [6, 6.07) is 1.61. The molecule has 0 saturated heterocycles. The fourth-order valence-corrected chi connectivity index (χ4v) is 3.25. The highest BCUT2D eigenvalue weighted by atomic mass is 32.2. The minimum absolute atomic E-state index is 0.0504. The highest BCUT2D eigenvalue weighted by molar-refractivity contribution is 7.89. The van der Waals surface area contributed by atoms with E-state index >= 15 is 0 Å². The predicted molar refractivity (Wildman–Crippen MR) is 75.9 cm³/mol. The lowest BCUT2D eigenvalue weighted by atomic mass is 10.3. The highest BCUT2D eigenvalue weighted by Gasteiger charge is 2.24. The number of nitrogens with one attached hydrogen (secondary N) is 3. The van der Waals surface area contributed by atoms with Crippen molar-refractivity contribution in [3.63, 3.8) is 0 Å². The standard InChI is InChI=1S/C12H19N5O3S/c1-3-5-13-8-11-12(9(2)16-17-11)21(18,19)15-7-10-4-6-14-20-10/h4,6,13,15H,3,5,7-8H2,1-2H3,(H,16,17). The van der Waals surface area contributed by atoms with Crippen LogP contribution in [0.15, 0.2) is 21.7 Å². The normalized spacial score (nSPS) is 11.9. The van der Waals surface area contributed by atoms with Crippen molar-refractivity contribution in [2.24, 2.45) is 0 Å². The van der Waals surface area contributed by atoms with Crippen LogP contribution in [0, 0.1) is 6.92 Å². The lowest BCUT2D eigenvalue weighted by Gasteiger charge is -2.07. The van der Waals surface area contributed by atoms with E-state index in [1.807, 2.05) is 6.92 Å². The lowest BCUT2D eigenvalue weighted by Crippen LogP contribution is -2.25. The third kappa shape index (κ3) is 3.90. The molecule has 0 bridgehead atoms. The number of hydrogen-bond donors (Lipinski definition) is 3. The molecule has 2 aromatic rings. The number of aromatic amines is 1. The van der Waals surface area contributed by atoms with Crippen molar-refractivity contribution < 1.29 is 12.9 Å². The number of rotatable bonds is 8. The third-order valence-corrected chi connectivity index (χ3v) is 4.48. The largest absolute Gasteiger partial charge is 0.360 e. The second-order valence-electron chi connectivity index (χ2n) is 4.60. The molecule has 0 aliphatic rings. The van der Waals surface area contributed by atoms with E-state index in [1.165, 1.54) is 6.20 Å². The SMILES string of the molecule is CCCNCc1n[nH]c(C)c1S(=O)(=O)NCc1ccno1. The van der Waals surface area contributed by atoms with E-state index in [0.717, 1.165) is 13.0 Å². The van der Waals surface area contributed by atoms with Crippen molar-refractivity contribution >= 4 is 10.0 Å². The predicted octanol–water partition coefficient (Wildman–Crippen LogP) is 0.684. The number of nitrogens with zero attached hydrogens (tertiary/aromatic N) is 2. The smallest absolute Gasteiger partial charge is 0.244 e. The van der Waals surface area contributed by atoms with Crippen LogP contribution in [0.25, 0.3) is 0 Å². The Balaban J connectivity index is 2.13. The van der Waals surface area contributed by atoms with Gasteiger partial charge in [-0.05, 0) is 19.9 Å². The molecule has 8 nitrogen and oxygen atoms in total. The molecule has 2 rings (SSSR count). The molecule has 116 valence electrons. The first-order valence-electron chi connectivity index (χ1n) is 6.68. The van der Waals surface area contributed by atoms with Crippen LogP contribution in [-0.4, -0.2) is 30.3 Å². The molecule has 0 saturated carbocycles. The number of aromatic nitrogens is 3. The molecule has 0 atom stereocenters. The van der Waals surface area contributed by atoms with Gasteiger partial charge in [0.2, 0.25) is 10.0 Å². The Kier molecular flexibility index (Phi) is 5.10. The van der Waals surface area contributed by atoms with Crippen molar-refractivity contribution in [3.8, 4) is 0 Å². The topological polar surface area (TPSA) is 113 Å². The first kappa shape index (κ1) is 15.7. The molecule has 9 heteroatoms. The summed E-state index contributed by atoms with van der Waals surface area (Å²) in [4.78, 5) is 0.186. The Morgan fingerprint density at radius 3 is 2.86 bits per heavy atom. The molecular weight excluding hydrogens is 294 g/mol. The summed E-state index contributed by atoms with van der Waals surface area (Å²) >= 11 is 0. The van der Waals surface area contributed by atoms with Gasteiger partial charge in [0.15, 0.2) is 5.76 Å². The number of aryl methyl sites for hydroxylation is 1. The van der Waals surface area contributed by atoms with Gasteiger partial charge >= 0.3 is 0 Å². The van der Waals surface area contributed by atoms with Crippen molar-refractivity contribution in [1.82, 2.24) is 25.4 Å². The van der Waals surface area contributed by atoms with E-state index in [-0.39, 0.29) is 11.4 Å². The number of sulfonamides is 1. The fraction of sp³-hybridized carbons (Fsp3) is 0.500. The molecule has 0 amide bonds. The quantitative estimate of drug-likeness (QED) is 0.618. The molecule has 0 fully saturated rings. The summed E-state index contributed by atoms with van der Waals surface area (Å²) in [5.74, 6) is 0.449. The zero-order chi connectivity index (χ0) is 15.3. The summed E-state index contributed by atoms with van der Waals surface area (Å²) in [5.41, 5.74) is 0.986. The summed E-state index contributed by atoms with van der Waals surface area (Å²) in [5, 5.41) is 13.5. The van der Waals surface area contributed by atoms with Crippen LogP contribution in [0.5, 0.6) is 0 Å². The summed E-state index contributed by atoms with van der Waals surface area (Å²) in [7, 11) is -3.66. The maximum absolute atomic E-state index is 12.4. The van der Waals surface area contributed by atoms with Gasteiger partial charge in [0.1, 0.15) is 4.90 Å². The van der Waals surface area contributed by atoms with E-state index in [2.05, 4.69) is 25.4 Å². The van der Waals surface area contributed by atoms with Gasteiger partial charge in [0.25, 0.3) is 0 Å². The first-order valence-corrected chi connectivity index (χ1v) is 8.16. The van der Waals surface area contributed by atoms with Crippen LogP contribution in [0.2, 0.25) is 0 Å². The van der Waals surface area contributed by atoms with Gasteiger partial charge < -0.3 is 9.84 Å². The maximum atomic E-state index is 12.4. The average Bonchev–Trinajstić information content (AvgIpc) is 3.07. The Morgan fingerprint density at radius 1 is 1.38 bits per heavy atom. The molecule has 3 N–H and O–H groups in total. The van der Waals surface area contributed by atoms with E-state index in [1.54, 1.807) is 13.0 Å². The molecule has 0 unspecified atom stereocenters. The van der Waals surface area contributed by atoms with Crippen LogP contribution in [0.3, 0.4) is 0 Å². The Morgan fingerprint density at radius 2 is 2.19 bits per heavy atom. The van der Waals surface area contributed by atoms with E-state index in [0.29, 0.717) is 23.7 Å². The maximum Gasteiger partial charge on any atom is 0.244 e. The molecule has 0 aromatic carbocycles. The zero-order valence-corrected chi connectivity index (χ0v) is 12.8. The minimum atomic E-state index is -3.66. The van der Waals surface area contributed by atoms with Crippen molar-refractivity contribution in [2.45, 2.75) is 38.3 Å². The second kappa shape index (κ2) is 6.83. The van der Waals surface area contributed by atoms with Gasteiger partial charge in [-0.3, -0.25) is 5.10 Å². The molecule has 0 aliphatic heterocycles. The van der Waals surface area contributed by atoms with Crippen LogP contribution in [-0.2, 0) is 23.1 Å². The van der Waals surface area contributed by atoms with Crippen molar-refractivity contribution in [2.75, 3.05) is 6.54 Å². The Labute approximate surface area is 123 Å². The molecular formula is C12H19N5O3S. The molecule has 2 aromatic heterocycles. The van der Waals surface area contributed by atoms with Crippen molar-refractivity contribution in [3.05, 3.63) is 29.4 Å².